The van der Waals surface area contributed by atoms with Gasteiger partial charge in [0.05, 0.1) is 11.6 Å². The molecule has 0 unspecified atom stereocenters. The van der Waals surface area contributed by atoms with Gasteiger partial charge in [-0.1, -0.05) is 11.6 Å². The number of benzene rings is 1. The Morgan fingerprint density at radius 3 is 2.78 bits per heavy atom. The van der Waals surface area contributed by atoms with Gasteiger partial charge in [-0.2, -0.15) is 0 Å². The molecule has 0 fully saturated rings. The van der Waals surface area contributed by atoms with Crippen LogP contribution in [-0.4, -0.2) is 12.1 Å². The molecule has 1 aromatic carbocycles. The number of nitrogens with one attached hydrogen (secondary N) is 1. The molecule has 0 amide bonds. The highest BCUT2D eigenvalue weighted by Crippen LogP contribution is 2.29. The fourth-order valence-electron chi connectivity index (χ4n) is 1.47. The standard InChI is InChI=1S/C12H11BrClN3O/c1-18-10-6-8(2-3-9(10)13)16-12-5-7(15)4-11(14)17-12/h2-6H,1H3,(H3,15,16,17). The zero-order valence-corrected chi connectivity index (χ0v) is 11.9. The van der Waals surface area contributed by atoms with E-state index in [0.717, 1.165) is 15.9 Å². The number of ether oxygens (including phenoxy) is 1. The van der Waals surface area contributed by atoms with Crippen LogP contribution in [0.1, 0.15) is 0 Å². The lowest BCUT2D eigenvalue weighted by molar-refractivity contribution is 0.412. The molecule has 0 saturated heterocycles. The highest BCUT2D eigenvalue weighted by molar-refractivity contribution is 9.10. The normalized spacial score (nSPS) is 10.2. The lowest BCUT2D eigenvalue weighted by atomic mass is 10.3. The van der Waals surface area contributed by atoms with E-state index >= 15 is 0 Å². The molecular formula is C12H11BrClN3O. The van der Waals surface area contributed by atoms with E-state index in [0.29, 0.717) is 16.7 Å². The van der Waals surface area contributed by atoms with Crippen LogP contribution < -0.4 is 15.8 Å². The maximum Gasteiger partial charge on any atom is 0.135 e. The Morgan fingerprint density at radius 2 is 2.11 bits per heavy atom. The van der Waals surface area contributed by atoms with Gasteiger partial charge in [0.15, 0.2) is 0 Å². The number of hydrogen-bond acceptors (Lipinski definition) is 4. The van der Waals surface area contributed by atoms with Gasteiger partial charge in [0, 0.05) is 23.5 Å². The molecule has 0 atom stereocenters. The van der Waals surface area contributed by atoms with E-state index in [1.807, 2.05) is 18.2 Å². The van der Waals surface area contributed by atoms with Gasteiger partial charge in [0.1, 0.15) is 16.7 Å². The summed E-state index contributed by atoms with van der Waals surface area (Å²) in [6.45, 7) is 0. The van der Waals surface area contributed by atoms with Gasteiger partial charge in [-0.25, -0.2) is 4.98 Å². The van der Waals surface area contributed by atoms with Crippen LogP contribution in [0.2, 0.25) is 5.15 Å². The number of nitrogens with two attached hydrogens (primary N) is 1. The highest BCUT2D eigenvalue weighted by Gasteiger charge is 2.04. The smallest absolute Gasteiger partial charge is 0.135 e. The van der Waals surface area contributed by atoms with Gasteiger partial charge < -0.3 is 15.8 Å². The molecule has 0 aliphatic rings. The van der Waals surface area contributed by atoms with Crippen molar-refractivity contribution in [1.29, 1.82) is 0 Å². The fraction of sp³-hybridized carbons (Fsp3) is 0.0833. The molecule has 4 nitrogen and oxygen atoms in total. The van der Waals surface area contributed by atoms with Gasteiger partial charge in [-0.15, -0.1) is 0 Å². The minimum Gasteiger partial charge on any atom is -0.495 e. The second-order valence-corrected chi connectivity index (χ2v) is 4.82. The molecule has 18 heavy (non-hydrogen) atoms. The zero-order chi connectivity index (χ0) is 13.1. The summed E-state index contributed by atoms with van der Waals surface area (Å²) in [7, 11) is 1.61. The molecular weight excluding hydrogens is 318 g/mol. The molecule has 1 heterocycles. The van der Waals surface area contributed by atoms with E-state index in [2.05, 4.69) is 26.2 Å². The molecule has 0 spiro atoms. The van der Waals surface area contributed by atoms with Gasteiger partial charge in [0.2, 0.25) is 0 Å². The average molecular weight is 329 g/mol. The van der Waals surface area contributed by atoms with Crippen LogP contribution in [0.15, 0.2) is 34.8 Å². The first-order valence-electron chi connectivity index (χ1n) is 5.12. The number of halogens is 2. The Balaban J connectivity index is 2.28. The largest absolute Gasteiger partial charge is 0.495 e. The molecule has 0 aliphatic carbocycles. The molecule has 2 aromatic rings. The van der Waals surface area contributed by atoms with Crippen molar-refractivity contribution in [3.8, 4) is 5.75 Å². The van der Waals surface area contributed by atoms with E-state index in [9.17, 15) is 0 Å². The first-order chi connectivity index (χ1) is 8.58. The Labute approximate surface area is 118 Å². The van der Waals surface area contributed by atoms with Crippen LogP contribution in [0.5, 0.6) is 5.75 Å². The number of pyridine rings is 1. The lowest BCUT2D eigenvalue weighted by Gasteiger charge is -2.09. The van der Waals surface area contributed by atoms with Gasteiger partial charge >= 0.3 is 0 Å². The SMILES string of the molecule is COc1cc(Nc2cc(N)cc(Cl)n2)ccc1Br. The summed E-state index contributed by atoms with van der Waals surface area (Å²) in [4.78, 5) is 4.13. The van der Waals surface area contributed by atoms with Crippen LogP contribution >= 0.6 is 27.5 Å². The number of methoxy groups -OCH3 is 1. The first-order valence-corrected chi connectivity index (χ1v) is 6.29. The number of hydrogen-bond donors (Lipinski definition) is 2. The van der Waals surface area contributed by atoms with Crippen LogP contribution in [0, 0.1) is 0 Å². The summed E-state index contributed by atoms with van der Waals surface area (Å²) < 4.78 is 6.10. The van der Waals surface area contributed by atoms with E-state index in [-0.39, 0.29) is 0 Å². The van der Waals surface area contributed by atoms with Crippen LogP contribution in [0.3, 0.4) is 0 Å². The lowest BCUT2D eigenvalue weighted by Crippen LogP contribution is -1.96. The molecule has 0 radical (unpaired) electrons. The van der Waals surface area contributed by atoms with Crippen molar-refractivity contribution >= 4 is 44.7 Å². The topological polar surface area (TPSA) is 60.2 Å². The third-order valence-electron chi connectivity index (χ3n) is 2.24. The Kier molecular flexibility index (Phi) is 3.93. The van der Waals surface area contributed by atoms with Gasteiger partial charge in [0.25, 0.3) is 0 Å². The Bertz CT molecular complexity index is 557. The first kappa shape index (κ1) is 13.0. The molecule has 2 rings (SSSR count). The van der Waals surface area contributed by atoms with Crippen molar-refractivity contribution < 1.29 is 4.74 Å². The van der Waals surface area contributed by atoms with Crippen molar-refractivity contribution in [2.45, 2.75) is 0 Å². The molecule has 0 aliphatic heterocycles. The molecule has 94 valence electrons. The average Bonchev–Trinajstić information content (AvgIpc) is 2.30. The summed E-state index contributed by atoms with van der Waals surface area (Å²) in [6.07, 6.45) is 0. The van der Waals surface area contributed by atoms with Crippen LogP contribution in [0.25, 0.3) is 0 Å². The van der Waals surface area contributed by atoms with Crippen molar-refractivity contribution in [3.05, 3.63) is 40.0 Å². The number of nitrogens with zero attached hydrogens (tertiary/aromatic N) is 1. The predicted octanol–water partition coefficient (Wildman–Crippen LogP) is 3.83. The van der Waals surface area contributed by atoms with Crippen molar-refractivity contribution in [1.82, 2.24) is 4.98 Å². The monoisotopic (exact) mass is 327 g/mol. The Hall–Kier alpha value is -1.46. The fourth-order valence-corrected chi connectivity index (χ4v) is 2.09. The van der Waals surface area contributed by atoms with E-state index in [1.165, 1.54) is 0 Å². The quantitative estimate of drug-likeness (QED) is 0.841. The van der Waals surface area contributed by atoms with E-state index in [4.69, 9.17) is 22.1 Å². The zero-order valence-electron chi connectivity index (χ0n) is 9.58. The maximum atomic E-state index is 5.84. The number of rotatable bonds is 3. The van der Waals surface area contributed by atoms with E-state index in [1.54, 1.807) is 19.2 Å². The van der Waals surface area contributed by atoms with Crippen molar-refractivity contribution in [2.24, 2.45) is 0 Å². The summed E-state index contributed by atoms with van der Waals surface area (Å²) in [5.41, 5.74) is 7.09. The second-order valence-electron chi connectivity index (χ2n) is 3.58. The van der Waals surface area contributed by atoms with Gasteiger partial charge in [-0.05, 0) is 34.1 Å². The molecule has 1 aromatic heterocycles. The molecule has 3 N–H and O–H groups in total. The predicted molar refractivity (Wildman–Crippen MR) is 77.6 cm³/mol. The minimum atomic E-state index is 0.349. The third-order valence-corrected chi connectivity index (χ3v) is 3.09. The second kappa shape index (κ2) is 5.46. The van der Waals surface area contributed by atoms with Gasteiger partial charge in [-0.3, -0.25) is 0 Å². The highest BCUT2D eigenvalue weighted by atomic mass is 79.9. The summed E-state index contributed by atoms with van der Waals surface area (Å²) in [6, 6.07) is 8.93. The summed E-state index contributed by atoms with van der Waals surface area (Å²) in [5.74, 6) is 1.32. The molecule has 0 saturated carbocycles. The number of anilines is 3. The summed E-state index contributed by atoms with van der Waals surface area (Å²) >= 11 is 9.23. The maximum absolute atomic E-state index is 5.84. The van der Waals surface area contributed by atoms with Crippen molar-refractivity contribution in [3.63, 3.8) is 0 Å². The van der Waals surface area contributed by atoms with Crippen molar-refractivity contribution in [2.75, 3.05) is 18.2 Å². The number of nitrogen functional groups attached to an aromatic ring is 1. The minimum absolute atomic E-state index is 0.349. The molecule has 6 heteroatoms. The van der Waals surface area contributed by atoms with E-state index < -0.39 is 0 Å². The number of aromatic nitrogens is 1. The third kappa shape index (κ3) is 3.05. The summed E-state index contributed by atoms with van der Waals surface area (Å²) in [5, 5.41) is 3.46. The van der Waals surface area contributed by atoms with Crippen LogP contribution in [-0.2, 0) is 0 Å². The Morgan fingerprint density at radius 1 is 1.33 bits per heavy atom. The molecule has 0 bridgehead atoms. The van der Waals surface area contributed by atoms with Crippen LogP contribution in [0.4, 0.5) is 17.2 Å².